The summed E-state index contributed by atoms with van der Waals surface area (Å²) in [7, 11) is 4.17. The highest BCUT2D eigenvalue weighted by atomic mass is 16.3. The van der Waals surface area contributed by atoms with Crippen LogP contribution < -0.4 is 0 Å². The molecule has 90 valence electrons. The van der Waals surface area contributed by atoms with E-state index in [0.717, 1.165) is 13.0 Å². The van der Waals surface area contributed by atoms with Gasteiger partial charge in [0.05, 0.1) is 12.1 Å². The van der Waals surface area contributed by atoms with Crippen LogP contribution in [-0.2, 0) is 0 Å². The molecule has 0 aromatic heterocycles. The van der Waals surface area contributed by atoms with E-state index in [4.69, 9.17) is 0 Å². The van der Waals surface area contributed by atoms with Gasteiger partial charge in [-0.05, 0) is 46.4 Å². The fourth-order valence-corrected chi connectivity index (χ4v) is 2.41. The molecule has 1 aliphatic rings. The minimum atomic E-state index is 0.00594. The van der Waals surface area contributed by atoms with E-state index in [1.54, 1.807) is 0 Å². The van der Waals surface area contributed by atoms with Crippen LogP contribution in [-0.4, -0.2) is 60.8 Å². The molecule has 0 spiro atoms. The lowest BCUT2D eigenvalue weighted by atomic mass is 9.88. The molecule has 1 heterocycles. The van der Waals surface area contributed by atoms with Crippen molar-refractivity contribution in [2.75, 3.05) is 40.3 Å². The Labute approximate surface area is 94.1 Å². The number of aliphatic hydroxyl groups is 1. The second-order valence-electron chi connectivity index (χ2n) is 5.01. The molecule has 0 bridgehead atoms. The van der Waals surface area contributed by atoms with E-state index >= 15 is 0 Å². The van der Waals surface area contributed by atoms with Gasteiger partial charge in [-0.25, -0.2) is 0 Å². The Balaban J connectivity index is 2.52. The van der Waals surface area contributed by atoms with E-state index in [1.165, 1.54) is 32.4 Å². The Morgan fingerprint density at radius 3 is 2.67 bits per heavy atom. The van der Waals surface area contributed by atoms with E-state index in [0.29, 0.717) is 0 Å². The number of hydrogen-bond donors (Lipinski definition) is 1. The zero-order valence-corrected chi connectivity index (χ0v) is 10.5. The number of nitrogens with zero attached hydrogens (tertiary/aromatic N) is 2. The van der Waals surface area contributed by atoms with Crippen LogP contribution in [0, 0.1) is 0 Å². The van der Waals surface area contributed by atoms with Gasteiger partial charge in [0.25, 0.3) is 0 Å². The maximum Gasteiger partial charge on any atom is 0.0627 e. The van der Waals surface area contributed by atoms with E-state index in [2.05, 4.69) is 30.8 Å². The van der Waals surface area contributed by atoms with Crippen LogP contribution in [0.3, 0.4) is 0 Å². The third-order valence-corrected chi connectivity index (χ3v) is 3.71. The van der Waals surface area contributed by atoms with Crippen LogP contribution in [0.4, 0.5) is 0 Å². The normalized spacial score (nSPS) is 28.6. The highest BCUT2D eigenvalue weighted by molar-refractivity contribution is 4.93. The number of unbranched alkanes of at least 4 members (excludes halogenated alkanes) is 1. The van der Waals surface area contributed by atoms with E-state index in [-0.39, 0.29) is 12.1 Å². The summed E-state index contributed by atoms with van der Waals surface area (Å²) in [5.74, 6) is 0. The van der Waals surface area contributed by atoms with Gasteiger partial charge in [-0.15, -0.1) is 0 Å². The molecule has 15 heavy (non-hydrogen) atoms. The van der Waals surface area contributed by atoms with E-state index in [1.807, 2.05) is 0 Å². The van der Waals surface area contributed by atoms with Gasteiger partial charge in [0.15, 0.2) is 0 Å². The third kappa shape index (κ3) is 3.16. The zero-order chi connectivity index (χ0) is 11.3. The summed E-state index contributed by atoms with van der Waals surface area (Å²) >= 11 is 0. The SMILES string of the molecule is CCCCN1CCCC(CO)(N(C)C)C1. The molecule has 0 saturated carbocycles. The Bertz CT molecular complexity index is 184. The predicted octanol–water partition coefficient (Wildman–Crippen LogP) is 1.18. The number of aliphatic hydroxyl groups excluding tert-OH is 1. The first-order valence-electron chi connectivity index (χ1n) is 6.15. The Morgan fingerprint density at radius 2 is 2.13 bits per heavy atom. The van der Waals surface area contributed by atoms with Crippen molar-refractivity contribution in [3.63, 3.8) is 0 Å². The van der Waals surface area contributed by atoms with Crippen LogP contribution in [0.25, 0.3) is 0 Å². The lowest BCUT2D eigenvalue weighted by Crippen LogP contribution is -2.58. The molecule has 1 aliphatic heterocycles. The zero-order valence-electron chi connectivity index (χ0n) is 10.5. The number of rotatable bonds is 5. The summed E-state index contributed by atoms with van der Waals surface area (Å²) in [4.78, 5) is 4.70. The fourth-order valence-electron chi connectivity index (χ4n) is 2.41. The number of piperidine rings is 1. The third-order valence-electron chi connectivity index (χ3n) is 3.71. The second-order valence-corrected chi connectivity index (χ2v) is 5.01. The highest BCUT2D eigenvalue weighted by Crippen LogP contribution is 2.25. The van der Waals surface area contributed by atoms with Crippen molar-refractivity contribution in [3.05, 3.63) is 0 Å². The van der Waals surface area contributed by atoms with Crippen molar-refractivity contribution < 1.29 is 5.11 Å². The van der Waals surface area contributed by atoms with Gasteiger partial charge in [-0.1, -0.05) is 13.3 Å². The van der Waals surface area contributed by atoms with Crippen molar-refractivity contribution in [3.8, 4) is 0 Å². The molecule has 1 atom stereocenters. The van der Waals surface area contributed by atoms with Crippen LogP contribution in [0.1, 0.15) is 32.6 Å². The maximum atomic E-state index is 9.59. The Morgan fingerprint density at radius 1 is 1.40 bits per heavy atom. The first-order chi connectivity index (χ1) is 7.14. The number of likely N-dealkylation sites (tertiary alicyclic amines) is 1. The Kier molecular flexibility index (Phi) is 5.03. The minimum absolute atomic E-state index is 0.00594. The standard InChI is InChI=1S/C12H26N2O/c1-4-5-8-14-9-6-7-12(10-14,11-15)13(2)3/h15H,4-11H2,1-3H3. The van der Waals surface area contributed by atoms with Gasteiger partial charge >= 0.3 is 0 Å². The minimum Gasteiger partial charge on any atom is -0.394 e. The van der Waals surface area contributed by atoms with Crippen LogP contribution >= 0.6 is 0 Å². The average Bonchev–Trinajstić information content (AvgIpc) is 2.26. The largest absolute Gasteiger partial charge is 0.394 e. The molecule has 1 unspecified atom stereocenters. The van der Waals surface area contributed by atoms with Gasteiger partial charge in [-0.2, -0.15) is 0 Å². The van der Waals surface area contributed by atoms with Crippen molar-refractivity contribution in [2.24, 2.45) is 0 Å². The first-order valence-corrected chi connectivity index (χ1v) is 6.15. The van der Waals surface area contributed by atoms with Gasteiger partial charge < -0.3 is 14.9 Å². The topological polar surface area (TPSA) is 26.7 Å². The summed E-state index contributed by atoms with van der Waals surface area (Å²) < 4.78 is 0. The van der Waals surface area contributed by atoms with Crippen LogP contribution in [0.15, 0.2) is 0 Å². The fraction of sp³-hybridized carbons (Fsp3) is 1.00. The molecular formula is C12H26N2O. The molecule has 3 heteroatoms. The molecule has 0 aromatic carbocycles. The van der Waals surface area contributed by atoms with Gasteiger partial charge in [0, 0.05) is 6.54 Å². The van der Waals surface area contributed by atoms with Crippen molar-refractivity contribution in [1.82, 2.24) is 9.80 Å². The molecule has 1 fully saturated rings. The van der Waals surface area contributed by atoms with Crippen LogP contribution in [0.5, 0.6) is 0 Å². The van der Waals surface area contributed by atoms with Gasteiger partial charge in [-0.3, -0.25) is 0 Å². The maximum absolute atomic E-state index is 9.59. The predicted molar refractivity (Wildman–Crippen MR) is 64.1 cm³/mol. The lowest BCUT2D eigenvalue weighted by molar-refractivity contribution is -0.000401. The average molecular weight is 214 g/mol. The molecule has 3 nitrogen and oxygen atoms in total. The van der Waals surface area contributed by atoms with Crippen molar-refractivity contribution in [2.45, 2.75) is 38.1 Å². The van der Waals surface area contributed by atoms with E-state index < -0.39 is 0 Å². The lowest BCUT2D eigenvalue weighted by Gasteiger charge is -2.46. The molecule has 0 aliphatic carbocycles. The summed E-state index contributed by atoms with van der Waals surface area (Å²) in [6.07, 6.45) is 4.86. The Hall–Kier alpha value is -0.120. The molecular weight excluding hydrogens is 188 g/mol. The smallest absolute Gasteiger partial charge is 0.0627 e. The molecule has 1 rings (SSSR count). The van der Waals surface area contributed by atoms with Gasteiger partial charge in [0.2, 0.25) is 0 Å². The van der Waals surface area contributed by atoms with E-state index in [9.17, 15) is 5.11 Å². The van der Waals surface area contributed by atoms with Gasteiger partial charge in [0.1, 0.15) is 0 Å². The number of likely N-dealkylation sites (N-methyl/N-ethyl adjacent to an activating group) is 1. The van der Waals surface area contributed by atoms with Crippen molar-refractivity contribution in [1.29, 1.82) is 0 Å². The molecule has 0 radical (unpaired) electrons. The molecule has 0 amide bonds. The quantitative estimate of drug-likeness (QED) is 0.744. The monoisotopic (exact) mass is 214 g/mol. The summed E-state index contributed by atoms with van der Waals surface area (Å²) in [5.41, 5.74) is 0.00594. The first kappa shape index (κ1) is 12.9. The molecule has 1 N–H and O–H groups in total. The second kappa shape index (κ2) is 5.83. The summed E-state index contributed by atoms with van der Waals surface area (Å²) in [6, 6.07) is 0. The summed E-state index contributed by atoms with van der Waals surface area (Å²) in [6.45, 7) is 5.93. The van der Waals surface area contributed by atoms with Crippen molar-refractivity contribution >= 4 is 0 Å². The summed E-state index contributed by atoms with van der Waals surface area (Å²) in [5, 5.41) is 9.59. The molecule has 1 saturated heterocycles. The number of hydrogen-bond acceptors (Lipinski definition) is 3. The highest BCUT2D eigenvalue weighted by Gasteiger charge is 2.36. The van der Waals surface area contributed by atoms with Crippen LogP contribution in [0.2, 0.25) is 0 Å². The molecule has 0 aromatic rings.